The fourth-order valence-corrected chi connectivity index (χ4v) is 2.36. The van der Waals surface area contributed by atoms with Gasteiger partial charge in [-0.05, 0) is 24.3 Å². The lowest BCUT2D eigenvalue weighted by Gasteiger charge is -2.11. The monoisotopic (exact) mass is 379 g/mol. The molecule has 0 heterocycles. The van der Waals surface area contributed by atoms with Crippen molar-refractivity contribution in [3.8, 4) is 17.2 Å². The highest BCUT2D eigenvalue weighted by Crippen LogP contribution is 2.30. The summed E-state index contributed by atoms with van der Waals surface area (Å²) >= 11 is 5.93. The molecular weight excluding hydrogens is 362 g/mol. The van der Waals surface area contributed by atoms with Gasteiger partial charge in [-0.2, -0.15) is 0 Å². The molecular formula is C18H18ClNO6. The second-order valence-corrected chi connectivity index (χ2v) is 5.55. The second-order valence-electron chi connectivity index (χ2n) is 5.14. The Kier molecular flexibility index (Phi) is 6.30. The molecule has 138 valence electrons. The maximum atomic E-state index is 12.3. The zero-order valence-electron chi connectivity index (χ0n) is 14.5. The van der Waals surface area contributed by atoms with Crippen LogP contribution in [0.3, 0.4) is 0 Å². The number of benzene rings is 2. The van der Waals surface area contributed by atoms with Gasteiger partial charge in [0.2, 0.25) is 0 Å². The van der Waals surface area contributed by atoms with Crippen LogP contribution < -0.4 is 19.9 Å². The van der Waals surface area contributed by atoms with E-state index in [1.165, 1.54) is 39.5 Å². The predicted molar refractivity (Wildman–Crippen MR) is 96.6 cm³/mol. The number of hydrogen-bond acceptors (Lipinski definition) is 7. The van der Waals surface area contributed by atoms with E-state index >= 15 is 0 Å². The lowest BCUT2D eigenvalue weighted by Crippen LogP contribution is -2.15. The maximum absolute atomic E-state index is 12.3. The molecule has 0 fully saturated rings. The van der Waals surface area contributed by atoms with Crippen LogP contribution in [0.4, 0.5) is 5.69 Å². The van der Waals surface area contributed by atoms with Gasteiger partial charge in [-0.3, -0.25) is 4.79 Å². The summed E-state index contributed by atoms with van der Waals surface area (Å²) in [5.74, 6) is -0.0631. The molecule has 0 amide bonds. The number of rotatable bonds is 7. The van der Waals surface area contributed by atoms with Gasteiger partial charge in [0.05, 0.1) is 32.0 Å². The molecule has 0 aliphatic heterocycles. The summed E-state index contributed by atoms with van der Waals surface area (Å²) in [7, 11) is 4.34. The van der Waals surface area contributed by atoms with E-state index in [1.54, 1.807) is 12.1 Å². The number of Topliss-reactive ketones (excluding diaryl/α,β-unsaturated/α-hetero) is 1. The van der Waals surface area contributed by atoms with E-state index < -0.39 is 18.4 Å². The number of nitrogen functional groups attached to an aromatic ring is 1. The molecule has 8 heteroatoms. The van der Waals surface area contributed by atoms with Gasteiger partial charge in [-0.25, -0.2) is 4.79 Å². The average Bonchev–Trinajstić information content (AvgIpc) is 2.66. The number of nitrogens with two attached hydrogens (primary N) is 1. The summed E-state index contributed by atoms with van der Waals surface area (Å²) in [4.78, 5) is 24.5. The Morgan fingerprint density at radius 2 is 1.62 bits per heavy atom. The van der Waals surface area contributed by atoms with E-state index in [0.29, 0.717) is 17.1 Å². The number of carbonyl (C=O) groups excluding carboxylic acids is 2. The molecule has 2 aromatic rings. The molecule has 0 aliphatic carbocycles. The van der Waals surface area contributed by atoms with Gasteiger partial charge in [-0.15, -0.1) is 0 Å². The molecule has 2 N–H and O–H groups in total. The van der Waals surface area contributed by atoms with Crippen molar-refractivity contribution in [3.63, 3.8) is 0 Å². The SMILES string of the molecule is COc1ccc(C(=O)COC(=O)c2cc(Cl)c(N)cc2OC)cc1OC. The van der Waals surface area contributed by atoms with E-state index in [4.69, 9.17) is 36.3 Å². The van der Waals surface area contributed by atoms with Crippen molar-refractivity contribution in [1.29, 1.82) is 0 Å². The van der Waals surface area contributed by atoms with Crippen LogP contribution in [0.2, 0.25) is 5.02 Å². The van der Waals surface area contributed by atoms with Crippen LogP contribution >= 0.6 is 11.6 Å². The highest BCUT2D eigenvalue weighted by molar-refractivity contribution is 6.33. The van der Waals surface area contributed by atoms with Gasteiger partial charge in [0.15, 0.2) is 23.9 Å². The number of hydrogen-bond donors (Lipinski definition) is 1. The van der Waals surface area contributed by atoms with Crippen molar-refractivity contribution in [3.05, 3.63) is 46.5 Å². The number of esters is 1. The number of ether oxygens (including phenoxy) is 4. The molecule has 0 saturated heterocycles. The third-order valence-electron chi connectivity index (χ3n) is 3.58. The van der Waals surface area contributed by atoms with Gasteiger partial charge in [0.25, 0.3) is 0 Å². The molecule has 0 spiro atoms. The Morgan fingerprint density at radius 1 is 0.962 bits per heavy atom. The van der Waals surface area contributed by atoms with Crippen LogP contribution in [0.1, 0.15) is 20.7 Å². The molecule has 0 saturated carbocycles. The minimum Gasteiger partial charge on any atom is -0.496 e. The molecule has 0 atom stereocenters. The molecule has 0 unspecified atom stereocenters. The van der Waals surface area contributed by atoms with E-state index in [0.717, 1.165) is 0 Å². The first kappa shape index (κ1) is 19.4. The van der Waals surface area contributed by atoms with Crippen molar-refractivity contribution in [2.75, 3.05) is 33.7 Å². The molecule has 7 nitrogen and oxygen atoms in total. The van der Waals surface area contributed by atoms with Crippen molar-refractivity contribution in [1.82, 2.24) is 0 Å². The summed E-state index contributed by atoms with van der Waals surface area (Å²) < 4.78 is 20.4. The largest absolute Gasteiger partial charge is 0.496 e. The highest BCUT2D eigenvalue weighted by atomic mass is 35.5. The van der Waals surface area contributed by atoms with Crippen molar-refractivity contribution in [2.24, 2.45) is 0 Å². The Morgan fingerprint density at radius 3 is 2.23 bits per heavy atom. The van der Waals surface area contributed by atoms with Crippen LogP contribution in [-0.4, -0.2) is 39.7 Å². The van der Waals surface area contributed by atoms with Crippen molar-refractivity contribution in [2.45, 2.75) is 0 Å². The average molecular weight is 380 g/mol. The topological polar surface area (TPSA) is 97.1 Å². The van der Waals surface area contributed by atoms with E-state index in [9.17, 15) is 9.59 Å². The summed E-state index contributed by atoms with van der Waals surface area (Å²) in [5.41, 5.74) is 6.33. The van der Waals surface area contributed by atoms with Gasteiger partial charge >= 0.3 is 5.97 Å². The second kappa shape index (κ2) is 8.44. The normalized spacial score (nSPS) is 10.2. The lowest BCUT2D eigenvalue weighted by molar-refractivity contribution is 0.0471. The molecule has 2 rings (SSSR count). The first-order chi connectivity index (χ1) is 12.4. The third-order valence-corrected chi connectivity index (χ3v) is 3.91. The fourth-order valence-electron chi connectivity index (χ4n) is 2.20. The smallest absolute Gasteiger partial charge is 0.342 e. The Labute approximate surface area is 155 Å². The van der Waals surface area contributed by atoms with Gasteiger partial charge in [0.1, 0.15) is 11.3 Å². The third kappa shape index (κ3) is 4.18. The van der Waals surface area contributed by atoms with Crippen molar-refractivity contribution < 1.29 is 28.5 Å². The zero-order valence-corrected chi connectivity index (χ0v) is 15.3. The summed E-state index contributed by atoms with van der Waals surface area (Å²) in [6.45, 7) is -0.459. The Balaban J connectivity index is 2.12. The Bertz CT molecular complexity index is 837. The van der Waals surface area contributed by atoms with Gasteiger partial charge in [0, 0.05) is 11.6 Å². The van der Waals surface area contributed by atoms with Crippen LogP contribution in [-0.2, 0) is 4.74 Å². The van der Waals surface area contributed by atoms with E-state index in [1.807, 2.05) is 0 Å². The van der Waals surface area contributed by atoms with Crippen LogP contribution in [0.5, 0.6) is 17.2 Å². The first-order valence-corrected chi connectivity index (χ1v) is 7.84. The quantitative estimate of drug-likeness (QED) is 0.448. The van der Waals surface area contributed by atoms with Gasteiger partial charge < -0.3 is 24.7 Å². The van der Waals surface area contributed by atoms with Crippen LogP contribution in [0, 0.1) is 0 Å². The zero-order chi connectivity index (χ0) is 19.3. The number of carbonyl (C=O) groups is 2. The van der Waals surface area contributed by atoms with Crippen molar-refractivity contribution >= 4 is 29.0 Å². The standard InChI is InChI=1S/C18H18ClNO6/c1-23-15-5-4-10(6-17(15)25-3)14(21)9-26-18(22)11-7-12(19)13(20)8-16(11)24-2/h4-8H,9,20H2,1-3H3. The molecule has 2 aromatic carbocycles. The maximum Gasteiger partial charge on any atom is 0.342 e. The molecule has 0 bridgehead atoms. The predicted octanol–water partition coefficient (Wildman–Crippen LogP) is 2.99. The minimum atomic E-state index is -0.752. The minimum absolute atomic E-state index is 0.0758. The number of halogens is 1. The summed E-state index contributed by atoms with van der Waals surface area (Å²) in [5, 5.41) is 0.184. The molecule has 0 radical (unpaired) electrons. The molecule has 0 aromatic heterocycles. The van der Waals surface area contributed by atoms with Crippen LogP contribution in [0.25, 0.3) is 0 Å². The van der Waals surface area contributed by atoms with Crippen LogP contribution in [0.15, 0.2) is 30.3 Å². The number of anilines is 1. The van der Waals surface area contributed by atoms with Gasteiger partial charge in [-0.1, -0.05) is 11.6 Å². The molecule has 26 heavy (non-hydrogen) atoms. The highest BCUT2D eigenvalue weighted by Gasteiger charge is 2.19. The van der Waals surface area contributed by atoms with E-state index in [-0.39, 0.29) is 22.0 Å². The fraction of sp³-hybridized carbons (Fsp3) is 0.222. The number of methoxy groups -OCH3 is 3. The molecule has 0 aliphatic rings. The summed E-state index contributed by atoms with van der Waals surface area (Å²) in [6, 6.07) is 7.40. The lowest BCUT2D eigenvalue weighted by atomic mass is 10.1. The first-order valence-electron chi connectivity index (χ1n) is 7.46. The number of ketones is 1. The van der Waals surface area contributed by atoms with E-state index in [2.05, 4.69) is 0 Å². The Hall–Kier alpha value is -2.93. The summed E-state index contributed by atoms with van der Waals surface area (Å²) in [6.07, 6.45) is 0.